The van der Waals surface area contributed by atoms with Crippen LogP contribution in [0.3, 0.4) is 0 Å². The van der Waals surface area contributed by atoms with Gasteiger partial charge in [0.05, 0.1) is 5.69 Å². The van der Waals surface area contributed by atoms with Crippen molar-refractivity contribution in [3.05, 3.63) is 82.9 Å². The van der Waals surface area contributed by atoms with Crippen molar-refractivity contribution >= 4 is 34.7 Å². The van der Waals surface area contributed by atoms with Crippen LogP contribution >= 0.6 is 0 Å². The third kappa shape index (κ3) is 9.49. The average molecular weight is 766 g/mol. The van der Waals surface area contributed by atoms with E-state index in [1.54, 1.807) is 0 Å². The number of nitrogens with zero attached hydrogens (tertiary/aromatic N) is 2. The highest BCUT2D eigenvalue weighted by Crippen LogP contribution is 2.42. The lowest BCUT2D eigenvalue weighted by molar-refractivity contribution is -0.249. The molecule has 0 radical (unpaired) electrons. The Morgan fingerprint density at radius 1 is 0.909 bits per heavy atom. The third-order valence-electron chi connectivity index (χ3n) is 11.4. The molecule has 2 heterocycles. The summed E-state index contributed by atoms with van der Waals surface area (Å²) in [6.07, 6.45) is -1.29. The molecule has 6 rings (SSSR count). The molecule has 8 nitrogen and oxygen atoms in total. The summed E-state index contributed by atoms with van der Waals surface area (Å²) in [6.45, 7) is 4.42. The third-order valence-corrected chi connectivity index (χ3v) is 11.4. The first-order chi connectivity index (χ1) is 26.1. The van der Waals surface area contributed by atoms with Crippen LogP contribution in [-0.2, 0) is 22.4 Å². The van der Waals surface area contributed by atoms with Crippen LogP contribution in [0.25, 0.3) is 11.1 Å². The second-order valence-electron chi connectivity index (χ2n) is 15.4. The second-order valence-corrected chi connectivity index (χ2v) is 15.4. The van der Waals surface area contributed by atoms with Gasteiger partial charge in [-0.25, -0.2) is 0 Å². The Balaban J connectivity index is 1.16. The molecule has 55 heavy (non-hydrogen) atoms. The number of nitrogens with two attached hydrogens (primary N) is 1. The molecule has 294 valence electrons. The summed E-state index contributed by atoms with van der Waals surface area (Å²) in [6, 6.07) is 17.6. The summed E-state index contributed by atoms with van der Waals surface area (Å²) >= 11 is 0. The largest absolute Gasteiger partial charge is 0.459 e. The molecule has 3 aliphatic rings. The van der Waals surface area contributed by atoms with Crippen molar-refractivity contribution in [3.8, 4) is 11.1 Å². The molecular formula is C42H48F5N5O3. The van der Waals surface area contributed by atoms with Crippen molar-refractivity contribution in [1.82, 2.24) is 10.2 Å². The fourth-order valence-electron chi connectivity index (χ4n) is 7.89. The van der Waals surface area contributed by atoms with Crippen LogP contribution in [0.1, 0.15) is 72.0 Å². The van der Waals surface area contributed by atoms with Gasteiger partial charge in [0.15, 0.2) is 0 Å². The number of benzene rings is 3. The Hall–Kier alpha value is -4.49. The molecule has 2 aliphatic heterocycles. The van der Waals surface area contributed by atoms with Crippen LogP contribution in [-0.4, -0.2) is 73.0 Å². The Labute approximate surface area is 318 Å². The SMILES string of the molecule is Cc1cc(C(=O)NC2CCN(C)CC2)ccc1-c1ccc(C[C@H](CC(=O)C2CCC(CN)CC2)C(=O)Nc2ccc3c(c2)N=C(C(F)(F)C(F)(F)F)C3)cc1. The first-order valence-electron chi connectivity index (χ1n) is 19.0. The number of hydrogen-bond acceptors (Lipinski definition) is 6. The lowest BCUT2D eigenvalue weighted by Crippen LogP contribution is -2.44. The van der Waals surface area contributed by atoms with Gasteiger partial charge >= 0.3 is 12.1 Å². The van der Waals surface area contributed by atoms with Crippen molar-refractivity contribution in [1.29, 1.82) is 0 Å². The Morgan fingerprint density at radius 3 is 2.24 bits per heavy atom. The highest BCUT2D eigenvalue weighted by molar-refractivity contribution is 6.01. The topological polar surface area (TPSA) is 117 Å². The smallest absolute Gasteiger partial charge is 0.349 e. The second kappa shape index (κ2) is 16.7. The number of likely N-dealkylation sites (tertiary alicyclic amines) is 1. The molecule has 4 N–H and O–H groups in total. The summed E-state index contributed by atoms with van der Waals surface area (Å²) in [7, 11) is 2.08. The number of nitrogens with one attached hydrogen (secondary N) is 2. The molecule has 2 fully saturated rings. The van der Waals surface area contributed by atoms with Crippen LogP contribution in [0.15, 0.2) is 65.7 Å². The maximum Gasteiger partial charge on any atom is 0.459 e. The van der Waals surface area contributed by atoms with Crippen LogP contribution in [0.4, 0.5) is 33.3 Å². The maximum absolute atomic E-state index is 14.0. The number of rotatable bonds is 12. The zero-order chi connectivity index (χ0) is 39.5. The number of alkyl halides is 5. The van der Waals surface area contributed by atoms with Gasteiger partial charge in [0.25, 0.3) is 5.91 Å². The van der Waals surface area contributed by atoms with Gasteiger partial charge in [0.1, 0.15) is 11.5 Å². The van der Waals surface area contributed by atoms with Gasteiger partial charge in [-0.1, -0.05) is 36.4 Å². The van der Waals surface area contributed by atoms with Crippen LogP contribution in [0.2, 0.25) is 0 Å². The van der Waals surface area contributed by atoms with Gasteiger partial charge < -0.3 is 21.3 Å². The summed E-state index contributed by atoms with van der Waals surface area (Å²) in [5.74, 6) is -6.24. The Kier molecular flexibility index (Phi) is 12.2. The molecule has 13 heteroatoms. The predicted molar refractivity (Wildman–Crippen MR) is 203 cm³/mol. The van der Waals surface area contributed by atoms with Gasteiger partial charge in [-0.15, -0.1) is 0 Å². The molecule has 2 amide bonds. The molecule has 0 aromatic heterocycles. The number of ketones is 1. The van der Waals surface area contributed by atoms with Crippen LogP contribution < -0.4 is 16.4 Å². The number of halogens is 5. The number of aliphatic imine (C=N–C) groups is 1. The van der Waals surface area contributed by atoms with Crippen molar-refractivity contribution in [2.45, 2.75) is 82.9 Å². The lowest BCUT2D eigenvalue weighted by Gasteiger charge is -2.29. The van der Waals surface area contributed by atoms with Crippen molar-refractivity contribution in [2.75, 3.05) is 32.0 Å². The van der Waals surface area contributed by atoms with Gasteiger partial charge in [0.2, 0.25) is 5.91 Å². The highest BCUT2D eigenvalue weighted by atomic mass is 19.4. The van der Waals surface area contributed by atoms with Gasteiger partial charge in [0, 0.05) is 42.0 Å². The lowest BCUT2D eigenvalue weighted by atomic mass is 9.77. The zero-order valence-electron chi connectivity index (χ0n) is 31.2. The van der Waals surface area contributed by atoms with E-state index in [-0.39, 0.29) is 53.4 Å². The minimum absolute atomic E-state index is 0.0135. The Morgan fingerprint density at radius 2 is 1.60 bits per heavy atom. The number of aryl methyl sites for hydroxylation is 1. The molecule has 0 unspecified atom stereocenters. The molecule has 3 aromatic carbocycles. The highest BCUT2D eigenvalue weighted by Gasteiger charge is 2.61. The molecule has 1 aliphatic carbocycles. The van der Waals surface area contributed by atoms with E-state index in [9.17, 15) is 36.3 Å². The summed E-state index contributed by atoms with van der Waals surface area (Å²) in [5, 5.41) is 5.92. The molecule has 0 bridgehead atoms. The molecule has 1 saturated heterocycles. The average Bonchev–Trinajstić information content (AvgIpc) is 3.60. The number of fused-ring (bicyclic) bond motifs is 1. The number of piperidine rings is 1. The number of anilines is 1. The van der Waals surface area contributed by atoms with Gasteiger partial charge in [-0.05, 0) is 137 Å². The summed E-state index contributed by atoms with van der Waals surface area (Å²) in [4.78, 5) is 46.2. The Bertz CT molecular complexity index is 1910. The van der Waals surface area contributed by atoms with Crippen molar-refractivity contribution in [3.63, 3.8) is 0 Å². The van der Waals surface area contributed by atoms with E-state index >= 15 is 0 Å². The van der Waals surface area contributed by atoms with Crippen LogP contribution in [0.5, 0.6) is 0 Å². The number of Topliss-reactive ketones (excluding diaryl/α,β-unsaturated/α-hetero) is 1. The minimum Gasteiger partial charge on any atom is -0.349 e. The minimum atomic E-state index is -5.78. The van der Waals surface area contributed by atoms with Crippen molar-refractivity contribution in [2.24, 2.45) is 28.5 Å². The fourth-order valence-corrected chi connectivity index (χ4v) is 7.89. The zero-order valence-corrected chi connectivity index (χ0v) is 31.2. The van der Waals surface area contributed by atoms with Gasteiger partial charge in [-0.2, -0.15) is 22.0 Å². The number of carbonyl (C=O) groups excluding carboxylic acids is 3. The van der Waals surface area contributed by atoms with E-state index in [4.69, 9.17) is 5.73 Å². The van der Waals surface area contributed by atoms with E-state index in [0.717, 1.165) is 61.0 Å². The number of amides is 2. The van der Waals surface area contributed by atoms with Crippen LogP contribution in [0, 0.1) is 24.7 Å². The standard InChI is InChI=1S/C42H48F5N5O3/c1-25-19-31(39(54)49-33-15-17-52(2)18-16-33)12-14-35(25)28-7-3-26(4-8-28)20-32(21-37(53)29-9-5-27(24-48)6-10-29)40(55)50-34-13-11-30-22-38(51-36(30)23-34)41(43,44)42(45,46)47/h3-4,7-8,11-14,19,23,27,29,32-33H,5-6,9-10,15-18,20-22,24,48H2,1-2H3,(H,49,54)(H,50,55)/t27?,29?,32-/m1/s1. The predicted octanol–water partition coefficient (Wildman–Crippen LogP) is 7.83. The normalized spacial score (nSPS) is 20.0. The van der Waals surface area contributed by atoms with E-state index in [2.05, 4.69) is 27.6 Å². The number of carbonyl (C=O) groups is 3. The molecule has 0 spiro atoms. The summed E-state index contributed by atoms with van der Waals surface area (Å²) in [5.41, 5.74) is 9.07. The fraction of sp³-hybridized carbons (Fsp3) is 0.476. The van der Waals surface area contributed by atoms with E-state index in [0.29, 0.717) is 30.9 Å². The first kappa shape index (κ1) is 40.2. The molecule has 1 atom stereocenters. The summed E-state index contributed by atoms with van der Waals surface area (Å²) < 4.78 is 67.1. The quantitative estimate of drug-likeness (QED) is 0.163. The molecule has 3 aromatic rings. The maximum atomic E-state index is 14.0. The van der Waals surface area contributed by atoms with E-state index in [1.807, 2.05) is 49.4 Å². The number of hydrogen-bond donors (Lipinski definition) is 3. The molecular weight excluding hydrogens is 717 g/mol. The monoisotopic (exact) mass is 765 g/mol. The van der Waals surface area contributed by atoms with Gasteiger partial charge in [-0.3, -0.25) is 19.4 Å². The van der Waals surface area contributed by atoms with E-state index < -0.39 is 36.1 Å². The van der Waals surface area contributed by atoms with Crippen molar-refractivity contribution < 1.29 is 36.3 Å². The molecule has 1 saturated carbocycles. The van der Waals surface area contributed by atoms with E-state index in [1.165, 1.54) is 18.2 Å². The first-order valence-corrected chi connectivity index (χ1v) is 19.0.